The molecule has 0 aromatic carbocycles. The predicted octanol–water partition coefficient (Wildman–Crippen LogP) is 0.420. The molecule has 7 heavy (non-hydrogen) atoms. The fourth-order valence-electron chi connectivity index (χ4n) is 0.227. The van der Waals surface area contributed by atoms with Crippen LogP contribution < -0.4 is 5.32 Å². The molecule has 2 heteroatoms. The first kappa shape index (κ1) is 6.21. The van der Waals surface area contributed by atoms with Gasteiger partial charge >= 0.3 is 0 Å². The van der Waals surface area contributed by atoms with Crippen LogP contribution in [0, 0.1) is 0 Å². The molecule has 0 aromatic heterocycles. The lowest BCUT2D eigenvalue weighted by Crippen LogP contribution is -2.09. The Morgan fingerprint density at radius 3 is 3.00 bits per heavy atom. The van der Waals surface area contributed by atoms with E-state index in [1.54, 1.807) is 19.5 Å². The van der Waals surface area contributed by atoms with Crippen LogP contribution in [-0.4, -0.2) is 19.9 Å². The molecule has 0 unspecified atom stereocenters. The van der Waals surface area contributed by atoms with Crippen LogP contribution in [0.1, 0.15) is 0 Å². The van der Waals surface area contributed by atoms with Gasteiger partial charge in [0.15, 0.2) is 0 Å². The van der Waals surface area contributed by atoms with Gasteiger partial charge in [-0.2, -0.15) is 0 Å². The fourth-order valence-corrected chi connectivity index (χ4v) is 0.227. The molecule has 0 saturated carbocycles. The molecule has 0 amide bonds. The third kappa shape index (κ3) is 5.21. The maximum Gasteiger partial charge on any atom is 0.0822 e. The SMILES string of the molecule is C=CCNC=NC. The summed E-state index contributed by atoms with van der Waals surface area (Å²) in [6, 6.07) is 0. The zero-order valence-electron chi connectivity index (χ0n) is 4.52. The third-order valence-electron chi connectivity index (χ3n) is 0.483. The van der Waals surface area contributed by atoms with Gasteiger partial charge in [-0.25, -0.2) is 0 Å². The lowest BCUT2D eigenvalue weighted by Gasteiger charge is -1.86. The number of nitrogens with one attached hydrogen (secondary N) is 1. The lowest BCUT2D eigenvalue weighted by molar-refractivity contribution is 1.07. The van der Waals surface area contributed by atoms with Gasteiger partial charge in [0.25, 0.3) is 0 Å². The van der Waals surface area contributed by atoms with Gasteiger partial charge in [-0.05, 0) is 0 Å². The summed E-state index contributed by atoms with van der Waals surface area (Å²) in [4.78, 5) is 3.69. The van der Waals surface area contributed by atoms with Crippen LogP contribution in [0.15, 0.2) is 17.6 Å². The second kappa shape index (κ2) is 5.21. The highest BCUT2D eigenvalue weighted by molar-refractivity contribution is 5.53. The summed E-state index contributed by atoms with van der Waals surface area (Å²) in [6.07, 6.45) is 3.42. The summed E-state index contributed by atoms with van der Waals surface area (Å²) in [5.41, 5.74) is 0. The van der Waals surface area contributed by atoms with Gasteiger partial charge in [-0.1, -0.05) is 6.08 Å². The summed E-state index contributed by atoms with van der Waals surface area (Å²) in [7, 11) is 1.72. The van der Waals surface area contributed by atoms with Crippen LogP contribution in [0.4, 0.5) is 0 Å². The normalized spacial score (nSPS) is 9.29. The number of nitrogens with zero attached hydrogens (tertiary/aromatic N) is 1. The van der Waals surface area contributed by atoms with Crippen molar-refractivity contribution >= 4 is 6.34 Å². The van der Waals surface area contributed by atoms with E-state index in [0.717, 1.165) is 6.54 Å². The minimum absolute atomic E-state index is 0.789. The molecule has 0 radical (unpaired) electrons. The molecule has 0 rings (SSSR count). The molecule has 0 atom stereocenters. The molecule has 0 bridgehead atoms. The van der Waals surface area contributed by atoms with E-state index in [9.17, 15) is 0 Å². The smallest absolute Gasteiger partial charge is 0.0822 e. The first-order chi connectivity index (χ1) is 3.41. The Balaban J connectivity index is 2.82. The van der Waals surface area contributed by atoms with Crippen molar-refractivity contribution < 1.29 is 0 Å². The molecule has 0 aromatic rings. The first-order valence-corrected chi connectivity index (χ1v) is 2.16. The monoisotopic (exact) mass is 98.1 g/mol. The van der Waals surface area contributed by atoms with Crippen molar-refractivity contribution in [3.05, 3.63) is 12.7 Å². The Bertz CT molecular complexity index is 66.5. The van der Waals surface area contributed by atoms with E-state index in [1.165, 1.54) is 0 Å². The van der Waals surface area contributed by atoms with Crippen molar-refractivity contribution in [3.63, 3.8) is 0 Å². The second-order valence-electron chi connectivity index (χ2n) is 1.08. The molecule has 40 valence electrons. The average molecular weight is 98.1 g/mol. The van der Waals surface area contributed by atoms with Crippen molar-refractivity contribution in [2.45, 2.75) is 0 Å². The quantitative estimate of drug-likeness (QED) is 0.235. The predicted molar refractivity (Wildman–Crippen MR) is 32.6 cm³/mol. The minimum atomic E-state index is 0.789. The molecule has 1 N–H and O–H groups in total. The van der Waals surface area contributed by atoms with Crippen LogP contribution in [0.3, 0.4) is 0 Å². The van der Waals surface area contributed by atoms with Crippen LogP contribution in [0.5, 0.6) is 0 Å². The van der Waals surface area contributed by atoms with Gasteiger partial charge in [0.1, 0.15) is 0 Å². The van der Waals surface area contributed by atoms with Gasteiger partial charge in [0.05, 0.1) is 6.34 Å². The standard InChI is InChI=1S/C5H10N2/c1-3-4-7-5-6-2/h3,5H,1,4H2,2H3,(H,6,7). The molecule has 0 aliphatic heterocycles. The largest absolute Gasteiger partial charge is 0.373 e. The Kier molecular flexibility index (Phi) is 4.62. The molecule has 0 spiro atoms. The van der Waals surface area contributed by atoms with Crippen LogP contribution in [-0.2, 0) is 0 Å². The summed E-state index contributed by atoms with van der Waals surface area (Å²) < 4.78 is 0. The van der Waals surface area contributed by atoms with Crippen molar-refractivity contribution in [3.8, 4) is 0 Å². The highest BCUT2D eigenvalue weighted by Crippen LogP contribution is 1.53. The van der Waals surface area contributed by atoms with E-state index in [2.05, 4.69) is 16.9 Å². The maximum absolute atomic E-state index is 3.69. The molecule has 0 fully saturated rings. The fraction of sp³-hybridized carbons (Fsp3) is 0.400. The van der Waals surface area contributed by atoms with Gasteiger partial charge in [0.2, 0.25) is 0 Å². The summed E-state index contributed by atoms with van der Waals surface area (Å²) in [5.74, 6) is 0. The third-order valence-corrected chi connectivity index (χ3v) is 0.483. The molecule has 0 saturated heterocycles. The molecule has 0 aliphatic rings. The van der Waals surface area contributed by atoms with Gasteiger partial charge in [-0.3, -0.25) is 4.99 Å². The van der Waals surface area contributed by atoms with Crippen molar-refractivity contribution in [1.82, 2.24) is 5.32 Å². The topological polar surface area (TPSA) is 24.4 Å². The zero-order valence-corrected chi connectivity index (χ0v) is 4.52. The van der Waals surface area contributed by atoms with Gasteiger partial charge in [-0.15, -0.1) is 6.58 Å². The van der Waals surface area contributed by atoms with E-state index >= 15 is 0 Å². The van der Waals surface area contributed by atoms with Crippen molar-refractivity contribution in [2.75, 3.05) is 13.6 Å². The lowest BCUT2D eigenvalue weighted by atomic mass is 10.6. The minimum Gasteiger partial charge on any atom is -0.373 e. The first-order valence-electron chi connectivity index (χ1n) is 2.16. The van der Waals surface area contributed by atoms with E-state index in [-0.39, 0.29) is 0 Å². The summed E-state index contributed by atoms with van der Waals surface area (Å²) in [6.45, 7) is 4.30. The number of aliphatic imine (C=N–C) groups is 1. The van der Waals surface area contributed by atoms with Crippen LogP contribution in [0.2, 0.25) is 0 Å². The molecule has 2 nitrogen and oxygen atoms in total. The van der Waals surface area contributed by atoms with Crippen molar-refractivity contribution in [2.24, 2.45) is 4.99 Å². The number of hydrogen-bond acceptors (Lipinski definition) is 1. The molecule has 0 aliphatic carbocycles. The second-order valence-corrected chi connectivity index (χ2v) is 1.08. The highest BCUT2D eigenvalue weighted by atomic mass is 14.9. The van der Waals surface area contributed by atoms with E-state index in [1.807, 2.05) is 0 Å². The Labute approximate surface area is 44.0 Å². The molecule has 0 heterocycles. The maximum atomic E-state index is 3.69. The Morgan fingerprint density at radius 1 is 1.86 bits per heavy atom. The number of rotatable bonds is 3. The summed E-state index contributed by atoms with van der Waals surface area (Å²) >= 11 is 0. The van der Waals surface area contributed by atoms with Crippen molar-refractivity contribution in [1.29, 1.82) is 0 Å². The average Bonchev–Trinajstić information content (AvgIpc) is 1.69. The van der Waals surface area contributed by atoms with Crippen LogP contribution >= 0.6 is 0 Å². The van der Waals surface area contributed by atoms with E-state index in [4.69, 9.17) is 0 Å². The number of hydrogen-bond donors (Lipinski definition) is 1. The molecular weight excluding hydrogens is 88.1 g/mol. The highest BCUT2D eigenvalue weighted by Gasteiger charge is 1.63. The van der Waals surface area contributed by atoms with E-state index in [0.29, 0.717) is 0 Å². The van der Waals surface area contributed by atoms with Gasteiger partial charge < -0.3 is 5.32 Å². The van der Waals surface area contributed by atoms with Gasteiger partial charge in [0, 0.05) is 13.6 Å². The van der Waals surface area contributed by atoms with E-state index < -0.39 is 0 Å². The molecular formula is C5H10N2. The summed E-state index contributed by atoms with van der Waals surface area (Å²) in [5, 5.41) is 2.88. The Hall–Kier alpha value is -0.790. The van der Waals surface area contributed by atoms with Crippen LogP contribution in [0.25, 0.3) is 0 Å². The Morgan fingerprint density at radius 2 is 2.57 bits per heavy atom. The zero-order chi connectivity index (χ0) is 5.54.